The zero-order valence-corrected chi connectivity index (χ0v) is 13.2. The number of nitrogens with one attached hydrogen (secondary N) is 1. The van der Waals surface area contributed by atoms with Crippen LogP contribution in [0.2, 0.25) is 0 Å². The first-order valence-corrected chi connectivity index (χ1v) is 8.19. The normalized spacial score (nSPS) is 16.3. The van der Waals surface area contributed by atoms with E-state index >= 15 is 0 Å². The van der Waals surface area contributed by atoms with E-state index in [-0.39, 0.29) is 16.0 Å². The molecule has 23 heavy (non-hydrogen) atoms. The molecule has 1 fully saturated rings. The van der Waals surface area contributed by atoms with Crippen molar-refractivity contribution >= 4 is 5.69 Å². The summed E-state index contributed by atoms with van der Waals surface area (Å²) < 4.78 is 0. The van der Waals surface area contributed by atoms with Crippen LogP contribution in [-0.2, 0) is 12.0 Å². The van der Waals surface area contributed by atoms with E-state index in [1.165, 1.54) is 37.3 Å². The maximum Gasteiger partial charge on any atom is 0.269 e. The second-order valence-electron chi connectivity index (χ2n) is 6.38. The van der Waals surface area contributed by atoms with E-state index in [1.54, 1.807) is 12.1 Å². The Morgan fingerprint density at radius 1 is 1.04 bits per heavy atom. The molecule has 4 heteroatoms. The Labute approximate surface area is 136 Å². The lowest BCUT2D eigenvalue weighted by Gasteiger charge is -2.30. The lowest BCUT2D eigenvalue weighted by atomic mass is 9.79. The number of non-ortho nitro benzene ring substituents is 1. The van der Waals surface area contributed by atoms with Crippen LogP contribution in [-0.4, -0.2) is 11.5 Å². The number of nitrogens with zero attached hydrogens (tertiary/aromatic N) is 1. The van der Waals surface area contributed by atoms with Crippen LogP contribution < -0.4 is 5.32 Å². The molecule has 120 valence electrons. The standard InChI is InChI=1S/C19H22N2O2/c22-21(23)18-10-6-7-16(13-18)14-20-15-19(11-4-5-12-19)17-8-2-1-3-9-17/h1-3,6-10,13,20H,4-5,11-12,14-15H2. The molecule has 0 radical (unpaired) electrons. The van der Waals surface area contributed by atoms with E-state index in [2.05, 4.69) is 35.6 Å². The average Bonchev–Trinajstić information content (AvgIpc) is 3.06. The highest BCUT2D eigenvalue weighted by Crippen LogP contribution is 2.40. The van der Waals surface area contributed by atoms with Gasteiger partial charge >= 0.3 is 0 Å². The molecule has 0 spiro atoms. The molecule has 1 saturated carbocycles. The fraction of sp³-hybridized carbons (Fsp3) is 0.368. The van der Waals surface area contributed by atoms with Gasteiger partial charge in [-0.2, -0.15) is 0 Å². The third kappa shape index (κ3) is 3.59. The minimum atomic E-state index is -0.341. The third-order valence-corrected chi connectivity index (χ3v) is 4.86. The first-order chi connectivity index (χ1) is 11.2. The second-order valence-corrected chi connectivity index (χ2v) is 6.38. The highest BCUT2D eigenvalue weighted by atomic mass is 16.6. The van der Waals surface area contributed by atoms with Gasteiger partial charge in [0.05, 0.1) is 4.92 Å². The van der Waals surface area contributed by atoms with Gasteiger partial charge in [-0.05, 0) is 24.0 Å². The van der Waals surface area contributed by atoms with E-state index < -0.39 is 0 Å². The van der Waals surface area contributed by atoms with Crippen molar-refractivity contribution in [3.63, 3.8) is 0 Å². The number of hydrogen-bond acceptors (Lipinski definition) is 3. The zero-order chi connectivity index (χ0) is 16.1. The SMILES string of the molecule is O=[N+]([O-])c1cccc(CNCC2(c3ccccc3)CCCC2)c1. The molecule has 0 heterocycles. The van der Waals surface area contributed by atoms with Gasteiger partial charge < -0.3 is 5.32 Å². The monoisotopic (exact) mass is 310 g/mol. The Hall–Kier alpha value is -2.20. The van der Waals surface area contributed by atoms with E-state index in [4.69, 9.17) is 0 Å². The molecule has 0 unspecified atom stereocenters. The van der Waals surface area contributed by atoms with Gasteiger partial charge in [0.15, 0.2) is 0 Å². The summed E-state index contributed by atoms with van der Waals surface area (Å²) in [5.74, 6) is 0. The van der Waals surface area contributed by atoms with Crippen LogP contribution >= 0.6 is 0 Å². The van der Waals surface area contributed by atoms with E-state index in [1.807, 2.05) is 6.07 Å². The fourth-order valence-electron chi connectivity index (χ4n) is 3.64. The average molecular weight is 310 g/mol. The molecule has 1 aliphatic carbocycles. The number of nitro groups is 1. The van der Waals surface area contributed by atoms with E-state index in [0.29, 0.717) is 6.54 Å². The summed E-state index contributed by atoms with van der Waals surface area (Å²) >= 11 is 0. The Morgan fingerprint density at radius 3 is 2.48 bits per heavy atom. The van der Waals surface area contributed by atoms with E-state index in [0.717, 1.165) is 12.1 Å². The Morgan fingerprint density at radius 2 is 1.78 bits per heavy atom. The largest absolute Gasteiger partial charge is 0.312 e. The smallest absolute Gasteiger partial charge is 0.269 e. The van der Waals surface area contributed by atoms with Gasteiger partial charge in [-0.3, -0.25) is 10.1 Å². The van der Waals surface area contributed by atoms with Crippen LogP contribution in [0.15, 0.2) is 54.6 Å². The van der Waals surface area contributed by atoms with Gasteiger partial charge in [-0.25, -0.2) is 0 Å². The highest BCUT2D eigenvalue weighted by molar-refractivity contribution is 5.34. The first-order valence-electron chi connectivity index (χ1n) is 8.19. The van der Waals surface area contributed by atoms with Crippen LogP contribution in [0.4, 0.5) is 5.69 Å². The molecule has 1 N–H and O–H groups in total. The summed E-state index contributed by atoms with van der Waals surface area (Å²) in [5, 5.41) is 14.4. The first kappa shape index (κ1) is 15.7. The Bertz CT molecular complexity index is 664. The minimum Gasteiger partial charge on any atom is -0.312 e. The number of benzene rings is 2. The molecule has 4 nitrogen and oxygen atoms in total. The molecular weight excluding hydrogens is 288 g/mol. The van der Waals surface area contributed by atoms with Crippen LogP contribution in [0.25, 0.3) is 0 Å². The van der Waals surface area contributed by atoms with Crippen molar-refractivity contribution in [2.24, 2.45) is 0 Å². The van der Waals surface area contributed by atoms with Gasteiger partial charge in [0.25, 0.3) is 5.69 Å². The molecule has 0 bridgehead atoms. The van der Waals surface area contributed by atoms with Crippen molar-refractivity contribution < 1.29 is 4.92 Å². The van der Waals surface area contributed by atoms with Crippen molar-refractivity contribution in [1.82, 2.24) is 5.32 Å². The summed E-state index contributed by atoms with van der Waals surface area (Å²) in [5.41, 5.74) is 2.73. The molecular formula is C19H22N2O2. The van der Waals surface area contributed by atoms with Gasteiger partial charge in [0.1, 0.15) is 0 Å². The molecule has 3 rings (SSSR count). The van der Waals surface area contributed by atoms with Crippen molar-refractivity contribution in [2.45, 2.75) is 37.6 Å². The number of rotatable bonds is 6. The van der Waals surface area contributed by atoms with Crippen LogP contribution in [0, 0.1) is 10.1 Å². The lowest BCUT2D eigenvalue weighted by Crippen LogP contribution is -2.35. The van der Waals surface area contributed by atoms with Crippen LogP contribution in [0.5, 0.6) is 0 Å². The summed E-state index contributed by atoms with van der Waals surface area (Å²) in [6.45, 7) is 1.58. The van der Waals surface area contributed by atoms with Crippen molar-refractivity contribution in [1.29, 1.82) is 0 Å². The molecule has 0 atom stereocenters. The topological polar surface area (TPSA) is 55.2 Å². The summed E-state index contributed by atoms with van der Waals surface area (Å²) in [6.07, 6.45) is 4.96. The van der Waals surface area contributed by atoms with Crippen molar-refractivity contribution in [2.75, 3.05) is 6.54 Å². The van der Waals surface area contributed by atoms with Crippen molar-refractivity contribution in [3.8, 4) is 0 Å². The van der Waals surface area contributed by atoms with Gasteiger partial charge in [-0.1, -0.05) is 55.3 Å². The quantitative estimate of drug-likeness (QED) is 0.642. The second kappa shape index (κ2) is 6.92. The molecule has 2 aromatic rings. The van der Waals surface area contributed by atoms with Gasteiger partial charge in [-0.15, -0.1) is 0 Å². The highest BCUT2D eigenvalue weighted by Gasteiger charge is 2.34. The van der Waals surface area contributed by atoms with Crippen LogP contribution in [0.3, 0.4) is 0 Å². The number of nitro benzene ring substituents is 1. The molecule has 0 aliphatic heterocycles. The van der Waals surface area contributed by atoms with Gasteiger partial charge in [0, 0.05) is 30.6 Å². The van der Waals surface area contributed by atoms with E-state index in [9.17, 15) is 10.1 Å². The fourth-order valence-corrected chi connectivity index (χ4v) is 3.64. The van der Waals surface area contributed by atoms with Gasteiger partial charge in [0.2, 0.25) is 0 Å². The predicted molar refractivity (Wildman–Crippen MR) is 91.4 cm³/mol. The van der Waals surface area contributed by atoms with Crippen LogP contribution in [0.1, 0.15) is 36.8 Å². The Kier molecular flexibility index (Phi) is 4.72. The molecule has 0 saturated heterocycles. The Balaban J connectivity index is 1.67. The zero-order valence-electron chi connectivity index (χ0n) is 13.2. The molecule has 1 aliphatic rings. The molecule has 0 aromatic heterocycles. The number of hydrogen-bond donors (Lipinski definition) is 1. The molecule has 2 aromatic carbocycles. The summed E-state index contributed by atoms with van der Waals surface area (Å²) in [6, 6.07) is 17.6. The minimum absolute atomic E-state index is 0.155. The summed E-state index contributed by atoms with van der Waals surface area (Å²) in [4.78, 5) is 10.5. The third-order valence-electron chi connectivity index (χ3n) is 4.86. The maximum atomic E-state index is 10.9. The lowest BCUT2D eigenvalue weighted by molar-refractivity contribution is -0.384. The maximum absolute atomic E-state index is 10.9. The van der Waals surface area contributed by atoms with Crippen molar-refractivity contribution in [3.05, 3.63) is 75.8 Å². The summed E-state index contributed by atoms with van der Waals surface area (Å²) in [7, 11) is 0. The molecule has 0 amide bonds. The predicted octanol–water partition coefficient (Wildman–Crippen LogP) is 4.20.